The molecule has 1 aromatic heterocycles. The van der Waals surface area contributed by atoms with Gasteiger partial charge in [-0.05, 0) is 36.8 Å². The molecule has 1 aromatic carbocycles. The summed E-state index contributed by atoms with van der Waals surface area (Å²) < 4.78 is 26.0. The predicted octanol–water partition coefficient (Wildman–Crippen LogP) is 3.24. The smallest absolute Gasteiger partial charge is 0.319 e. The number of pyridine rings is 1. The van der Waals surface area contributed by atoms with Gasteiger partial charge in [0.2, 0.25) is 0 Å². The van der Waals surface area contributed by atoms with E-state index in [4.69, 9.17) is 0 Å². The third-order valence-corrected chi connectivity index (χ3v) is 2.67. The summed E-state index contributed by atoms with van der Waals surface area (Å²) in [5.41, 5.74) is 0.933. The van der Waals surface area contributed by atoms with Crippen molar-refractivity contribution < 1.29 is 13.6 Å². The Kier molecular flexibility index (Phi) is 4.24. The summed E-state index contributed by atoms with van der Waals surface area (Å²) in [4.78, 5) is 15.6. The van der Waals surface area contributed by atoms with Gasteiger partial charge in [0.25, 0.3) is 0 Å². The SMILES string of the molecule is CC(NC(=O)Nc1cc(F)cc(F)c1)c1ccncc1. The summed E-state index contributed by atoms with van der Waals surface area (Å²) >= 11 is 0. The number of benzene rings is 1. The molecule has 0 fully saturated rings. The Bertz CT molecular complexity index is 584. The maximum absolute atomic E-state index is 13.0. The highest BCUT2D eigenvalue weighted by Crippen LogP contribution is 2.14. The van der Waals surface area contributed by atoms with Crippen molar-refractivity contribution in [1.29, 1.82) is 0 Å². The first-order valence-electron chi connectivity index (χ1n) is 5.98. The van der Waals surface area contributed by atoms with Crippen LogP contribution in [0.1, 0.15) is 18.5 Å². The van der Waals surface area contributed by atoms with E-state index in [1.165, 1.54) is 0 Å². The van der Waals surface area contributed by atoms with Crippen LogP contribution in [0.25, 0.3) is 0 Å². The minimum absolute atomic E-state index is 0.0573. The van der Waals surface area contributed by atoms with E-state index in [1.807, 2.05) is 0 Å². The summed E-state index contributed by atoms with van der Waals surface area (Å²) in [7, 11) is 0. The van der Waals surface area contributed by atoms with Crippen LogP contribution in [0.15, 0.2) is 42.7 Å². The minimum atomic E-state index is -0.748. The number of hydrogen-bond acceptors (Lipinski definition) is 2. The average molecular weight is 277 g/mol. The van der Waals surface area contributed by atoms with E-state index < -0.39 is 17.7 Å². The van der Waals surface area contributed by atoms with Crippen molar-refractivity contribution in [3.63, 3.8) is 0 Å². The number of halogens is 2. The first kappa shape index (κ1) is 13.9. The normalized spacial score (nSPS) is 11.8. The lowest BCUT2D eigenvalue weighted by molar-refractivity contribution is 0.249. The quantitative estimate of drug-likeness (QED) is 0.904. The molecule has 20 heavy (non-hydrogen) atoms. The topological polar surface area (TPSA) is 54.0 Å². The molecular formula is C14H13F2N3O. The summed E-state index contributed by atoms with van der Waals surface area (Å²) in [5, 5.41) is 5.04. The fourth-order valence-electron chi connectivity index (χ4n) is 1.73. The number of aromatic nitrogens is 1. The monoisotopic (exact) mass is 277 g/mol. The Hall–Kier alpha value is -2.50. The zero-order valence-electron chi connectivity index (χ0n) is 10.7. The van der Waals surface area contributed by atoms with Crippen LogP contribution < -0.4 is 10.6 Å². The van der Waals surface area contributed by atoms with Gasteiger partial charge in [-0.1, -0.05) is 0 Å². The number of urea groups is 1. The molecule has 104 valence electrons. The van der Waals surface area contributed by atoms with Crippen molar-refractivity contribution in [2.75, 3.05) is 5.32 Å². The van der Waals surface area contributed by atoms with E-state index in [9.17, 15) is 13.6 Å². The largest absolute Gasteiger partial charge is 0.331 e. The molecule has 2 rings (SSSR count). The molecule has 4 nitrogen and oxygen atoms in total. The highest BCUT2D eigenvalue weighted by Gasteiger charge is 2.10. The van der Waals surface area contributed by atoms with Crippen molar-refractivity contribution in [1.82, 2.24) is 10.3 Å². The van der Waals surface area contributed by atoms with Crippen LogP contribution in [0.5, 0.6) is 0 Å². The molecule has 1 unspecified atom stereocenters. The van der Waals surface area contributed by atoms with E-state index in [0.717, 1.165) is 23.8 Å². The van der Waals surface area contributed by atoms with Crippen molar-refractivity contribution >= 4 is 11.7 Å². The highest BCUT2D eigenvalue weighted by molar-refractivity contribution is 5.89. The van der Waals surface area contributed by atoms with Crippen LogP contribution in [0, 0.1) is 11.6 Å². The lowest BCUT2D eigenvalue weighted by Crippen LogP contribution is -2.31. The first-order valence-corrected chi connectivity index (χ1v) is 5.98. The first-order chi connectivity index (χ1) is 9.54. The lowest BCUT2D eigenvalue weighted by Gasteiger charge is -2.14. The third-order valence-electron chi connectivity index (χ3n) is 2.67. The molecule has 0 bridgehead atoms. The summed E-state index contributed by atoms with van der Waals surface area (Å²) in [5.74, 6) is -1.50. The minimum Gasteiger partial charge on any atom is -0.331 e. The number of nitrogens with one attached hydrogen (secondary N) is 2. The van der Waals surface area contributed by atoms with Gasteiger partial charge in [0.1, 0.15) is 11.6 Å². The van der Waals surface area contributed by atoms with Gasteiger partial charge >= 0.3 is 6.03 Å². The fourth-order valence-corrected chi connectivity index (χ4v) is 1.73. The fraction of sp³-hybridized carbons (Fsp3) is 0.143. The number of amides is 2. The maximum Gasteiger partial charge on any atom is 0.319 e. The van der Waals surface area contributed by atoms with E-state index >= 15 is 0 Å². The van der Waals surface area contributed by atoms with Gasteiger partial charge in [-0.15, -0.1) is 0 Å². The number of rotatable bonds is 3. The van der Waals surface area contributed by atoms with Crippen LogP contribution in [0.2, 0.25) is 0 Å². The van der Waals surface area contributed by atoms with E-state index in [1.54, 1.807) is 31.5 Å². The molecule has 0 saturated heterocycles. The predicted molar refractivity (Wildman–Crippen MR) is 71.2 cm³/mol. The Morgan fingerprint density at radius 3 is 2.35 bits per heavy atom. The third kappa shape index (κ3) is 3.74. The van der Waals surface area contributed by atoms with Gasteiger partial charge in [-0.25, -0.2) is 13.6 Å². The molecule has 2 amide bonds. The molecule has 1 heterocycles. The Balaban J connectivity index is 1.99. The Labute approximate surface area is 114 Å². The second-order valence-corrected chi connectivity index (χ2v) is 4.26. The average Bonchev–Trinajstić information content (AvgIpc) is 2.38. The zero-order valence-corrected chi connectivity index (χ0v) is 10.7. The van der Waals surface area contributed by atoms with Crippen LogP contribution in [-0.4, -0.2) is 11.0 Å². The van der Waals surface area contributed by atoms with Gasteiger partial charge in [0.05, 0.1) is 6.04 Å². The molecule has 0 spiro atoms. The van der Waals surface area contributed by atoms with E-state index in [-0.39, 0.29) is 11.7 Å². The standard InChI is InChI=1S/C14H13F2N3O/c1-9(10-2-4-17-5-3-10)18-14(20)19-13-7-11(15)6-12(16)8-13/h2-9H,1H3,(H2,18,19,20). The van der Waals surface area contributed by atoms with Gasteiger partial charge in [0, 0.05) is 24.1 Å². The maximum atomic E-state index is 13.0. The molecule has 0 aliphatic heterocycles. The van der Waals surface area contributed by atoms with Crippen molar-refractivity contribution in [3.05, 3.63) is 59.9 Å². The molecule has 1 atom stereocenters. The molecule has 2 aromatic rings. The van der Waals surface area contributed by atoms with E-state index in [2.05, 4.69) is 15.6 Å². The van der Waals surface area contributed by atoms with Gasteiger partial charge in [-0.3, -0.25) is 4.98 Å². The molecule has 6 heteroatoms. The second kappa shape index (κ2) is 6.10. The van der Waals surface area contributed by atoms with Crippen LogP contribution in [0.4, 0.5) is 19.3 Å². The van der Waals surface area contributed by atoms with Crippen LogP contribution in [0.3, 0.4) is 0 Å². The number of anilines is 1. The van der Waals surface area contributed by atoms with E-state index in [0.29, 0.717) is 0 Å². The highest BCUT2D eigenvalue weighted by atomic mass is 19.1. The molecule has 0 radical (unpaired) electrons. The molecule has 0 aliphatic rings. The van der Waals surface area contributed by atoms with Crippen molar-refractivity contribution in [2.45, 2.75) is 13.0 Å². The van der Waals surface area contributed by atoms with Crippen LogP contribution >= 0.6 is 0 Å². The van der Waals surface area contributed by atoms with Gasteiger partial charge in [0.15, 0.2) is 0 Å². The molecule has 0 saturated carbocycles. The number of carbonyl (C=O) groups is 1. The van der Waals surface area contributed by atoms with Gasteiger partial charge < -0.3 is 10.6 Å². The second-order valence-electron chi connectivity index (χ2n) is 4.26. The number of carbonyl (C=O) groups excluding carboxylic acids is 1. The number of nitrogens with zero attached hydrogens (tertiary/aromatic N) is 1. The molecular weight excluding hydrogens is 264 g/mol. The summed E-state index contributed by atoms with van der Waals surface area (Å²) in [6, 6.07) is 5.57. The Morgan fingerprint density at radius 1 is 1.15 bits per heavy atom. The molecule has 0 aliphatic carbocycles. The summed E-state index contributed by atoms with van der Waals surface area (Å²) in [6.07, 6.45) is 3.24. The van der Waals surface area contributed by atoms with Crippen LogP contribution in [-0.2, 0) is 0 Å². The zero-order chi connectivity index (χ0) is 14.5. The van der Waals surface area contributed by atoms with Crippen molar-refractivity contribution in [3.8, 4) is 0 Å². The summed E-state index contributed by atoms with van der Waals surface area (Å²) in [6.45, 7) is 1.79. The number of hydrogen-bond donors (Lipinski definition) is 2. The Morgan fingerprint density at radius 2 is 1.75 bits per heavy atom. The van der Waals surface area contributed by atoms with Crippen molar-refractivity contribution in [2.24, 2.45) is 0 Å². The lowest BCUT2D eigenvalue weighted by atomic mass is 10.1. The molecule has 2 N–H and O–H groups in total. The van der Waals surface area contributed by atoms with Gasteiger partial charge in [-0.2, -0.15) is 0 Å².